The van der Waals surface area contributed by atoms with Crippen LogP contribution in [0.2, 0.25) is 0 Å². The van der Waals surface area contributed by atoms with Crippen LogP contribution in [-0.2, 0) is 9.47 Å². The van der Waals surface area contributed by atoms with E-state index in [0.717, 1.165) is 24.7 Å². The Morgan fingerprint density at radius 3 is 1.77 bits per heavy atom. The number of ether oxygens (including phenoxy) is 2. The number of carbonyl (C=O) groups is 1. The van der Waals surface area contributed by atoms with Crippen molar-refractivity contribution in [2.75, 3.05) is 48.5 Å². The van der Waals surface area contributed by atoms with Crippen molar-refractivity contribution in [3.63, 3.8) is 0 Å². The van der Waals surface area contributed by atoms with Crippen LogP contribution >= 0.6 is 0 Å². The van der Waals surface area contributed by atoms with Gasteiger partial charge in [-0.3, -0.25) is 0 Å². The first-order valence-corrected chi connectivity index (χ1v) is 3.88. The van der Waals surface area contributed by atoms with Gasteiger partial charge in [-0.05, 0) is 0 Å². The highest BCUT2D eigenvalue weighted by molar-refractivity contribution is 5.53. The molecule has 0 heterocycles. The lowest BCUT2D eigenvalue weighted by Crippen LogP contribution is -2.37. The maximum atomic E-state index is 9.03. The summed E-state index contributed by atoms with van der Waals surface area (Å²) < 4.78 is 9.44. The van der Waals surface area contributed by atoms with E-state index in [4.69, 9.17) is 14.6 Å². The molecule has 0 aliphatic rings. The van der Waals surface area contributed by atoms with Crippen LogP contribution < -0.4 is 5.11 Å². The minimum absolute atomic E-state index is 0.851. The Balaban J connectivity index is 0. The molecule has 5 nitrogen and oxygen atoms in total. The lowest BCUT2D eigenvalue weighted by molar-refractivity contribution is -0.870. The summed E-state index contributed by atoms with van der Waals surface area (Å²) in [6.07, 6.45) is -1.50. The maximum absolute atomic E-state index is 9.03. The zero-order valence-corrected chi connectivity index (χ0v) is 8.99. The molecule has 0 saturated heterocycles. The molecule has 0 aromatic heterocycles. The van der Waals surface area contributed by atoms with E-state index in [1.807, 2.05) is 0 Å². The van der Waals surface area contributed by atoms with Gasteiger partial charge in [0.15, 0.2) is 0 Å². The maximum Gasteiger partial charge on any atom is 0.251 e. The molecule has 0 saturated carbocycles. The number of nitrogens with zero attached hydrogens (tertiary/aromatic N) is 1. The molecular formula is C8H19NO4. The fourth-order valence-corrected chi connectivity index (χ4v) is 0.365. The van der Waals surface area contributed by atoms with Gasteiger partial charge in [-0.25, -0.2) is 0 Å². The highest BCUT2D eigenvalue weighted by atomic mass is 16.6. The van der Waals surface area contributed by atoms with Crippen LogP contribution in [0.4, 0.5) is 4.79 Å². The van der Waals surface area contributed by atoms with Gasteiger partial charge in [0.25, 0.3) is 6.16 Å². The standard InChI is InChI=1S/C6H16NO.C2H4O3/c1-7(2,3)5-6-8-4;1-5-2(3)4/h5-6H2,1-4H3;1H3,(H,3,4)/q+1;/p-1. The molecule has 0 radical (unpaired) electrons. The molecule has 0 aromatic carbocycles. The van der Waals surface area contributed by atoms with Crippen LogP contribution in [0.5, 0.6) is 0 Å². The second-order valence-corrected chi connectivity index (χ2v) is 3.46. The van der Waals surface area contributed by atoms with Crippen LogP contribution in [0.25, 0.3) is 0 Å². The van der Waals surface area contributed by atoms with E-state index >= 15 is 0 Å². The average Bonchev–Trinajstić information content (AvgIpc) is 2.00. The van der Waals surface area contributed by atoms with E-state index in [0.29, 0.717) is 0 Å². The van der Waals surface area contributed by atoms with Gasteiger partial charge in [-0.2, -0.15) is 0 Å². The van der Waals surface area contributed by atoms with Crippen molar-refractivity contribution in [1.82, 2.24) is 0 Å². The number of hydrogen-bond acceptors (Lipinski definition) is 4. The molecule has 0 amide bonds. The summed E-state index contributed by atoms with van der Waals surface area (Å²) >= 11 is 0. The van der Waals surface area contributed by atoms with Gasteiger partial charge < -0.3 is 23.9 Å². The van der Waals surface area contributed by atoms with Crippen molar-refractivity contribution in [3.8, 4) is 0 Å². The molecule has 0 fully saturated rings. The minimum atomic E-state index is -1.50. The van der Waals surface area contributed by atoms with Gasteiger partial charge >= 0.3 is 0 Å². The Morgan fingerprint density at radius 1 is 1.31 bits per heavy atom. The molecule has 13 heavy (non-hydrogen) atoms. The lowest BCUT2D eigenvalue weighted by Gasteiger charge is -2.22. The van der Waals surface area contributed by atoms with E-state index in [1.165, 1.54) is 0 Å². The first-order chi connectivity index (χ1) is 5.83. The first kappa shape index (κ1) is 14.7. The minimum Gasteiger partial charge on any atom is -0.553 e. The number of hydrogen-bond donors (Lipinski definition) is 0. The predicted octanol–water partition coefficient (Wildman–Crippen LogP) is -0.685. The lowest BCUT2D eigenvalue weighted by atomic mass is 10.5. The molecule has 0 spiro atoms. The number of carbonyl (C=O) groups excluding carboxylic acids is 1. The van der Waals surface area contributed by atoms with Crippen LogP contribution in [-0.4, -0.2) is 59.2 Å². The number of rotatable bonds is 3. The van der Waals surface area contributed by atoms with Crippen molar-refractivity contribution in [1.29, 1.82) is 0 Å². The molecule has 5 heteroatoms. The molecule has 0 bridgehead atoms. The van der Waals surface area contributed by atoms with E-state index in [-0.39, 0.29) is 0 Å². The zero-order chi connectivity index (χ0) is 10.9. The van der Waals surface area contributed by atoms with E-state index < -0.39 is 6.16 Å². The van der Waals surface area contributed by atoms with Gasteiger partial charge in [0.1, 0.15) is 6.54 Å². The summed E-state index contributed by atoms with van der Waals surface area (Å²) in [5, 5.41) is 9.03. The molecule has 0 N–H and O–H groups in total. The summed E-state index contributed by atoms with van der Waals surface area (Å²) in [5.41, 5.74) is 0. The largest absolute Gasteiger partial charge is 0.553 e. The number of likely N-dealkylation sites (N-methyl/N-ethyl adjacent to an activating group) is 1. The van der Waals surface area contributed by atoms with Gasteiger partial charge in [-0.1, -0.05) is 0 Å². The molecule has 0 aromatic rings. The highest BCUT2D eigenvalue weighted by Gasteiger charge is 2.03. The Morgan fingerprint density at radius 2 is 1.69 bits per heavy atom. The summed E-state index contributed by atoms with van der Waals surface area (Å²) in [4.78, 5) is 9.03. The van der Waals surface area contributed by atoms with Gasteiger partial charge in [-0.15, -0.1) is 0 Å². The molecule has 0 unspecified atom stereocenters. The number of methoxy groups -OCH3 is 2. The van der Waals surface area contributed by atoms with Crippen molar-refractivity contribution < 1.29 is 23.9 Å². The summed E-state index contributed by atoms with van der Waals surface area (Å²) in [6, 6.07) is 0. The van der Waals surface area contributed by atoms with E-state index in [9.17, 15) is 0 Å². The normalized spacial score (nSPS) is 9.92. The molecule has 0 rings (SSSR count). The molecule has 0 aliphatic carbocycles. The smallest absolute Gasteiger partial charge is 0.251 e. The molecular weight excluding hydrogens is 174 g/mol. The first-order valence-electron chi connectivity index (χ1n) is 3.88. The number of quaternary nitrogens is 1. The molecule has 80 valence electrons. The van der Waals surface area contributed by atoms with Crippen LogP contribution in [0.15, 0.2) is 0 Å². The van der Waals surface area contributed by atoms with Crippen LogP contribution in [0, 0.1) is 0 Å². The Kier molecular flexibility index (Phi) is 8.84. The SMILES string of the molecule is COC(=O)[O-].COCC[N+](C)(C)C. The average molecular weight is 193 g/mol. The van der Waals surface area contributed by atoms with Gasteiger partial charge in [0, 0.05) is 14.2 Å². The third-order valence-corrected chi connectivity index (χ3v) is 1.13. The van der Waals surface area contributed by atoms with Crippen molar-refractivity contribution >= 4 is 6.16 Å². The fraction of sp³-hybridized carbons (Fsp3) is 0.875. The second kappa shape index (κ2) is 7.82. The second-order valence-electron chi connectivity index (χ2n) is 3.46. The summed E-state index contributed by atoms with van der Waals surface area (Å²) in [5.74, 6) is 0. The van der Waals surface area contributed by atoms with E-state index in [2.05, 4.69) is 25.9 Å². The van der Waals surface area contributed by atoms with Crippen LogP contribution in [0.3, 0.4) is 0 Å². The third kappa shape index (κ3) is 24.7. The van der Waals surface area contributed by atoms with E-state index in [1.54, 1.807) is 7.11 Å². The predicted molar refractivity (Wildman–Crippen MR) is 47.2 cm³/mol. The fourth-order valence-electron chi connectivity index (χ4n) is 0.365. The van der Waals surface area contributed by atoms with Crippen molar-refractivity contribution in [3.05, 3.63) is 0 Å². The quantitative estimate of drug-likeness (QED) is 0.440. The monoisotopic (exact) mass is 193 g/mol. The molecule has 0 atom stereocenters. The third-order valence-electron chi connectivity index (χ3n) is 1.13. The van der Waals surface area contributed by atoms with Crippen molar-refractivity contribution in [2.45, 2.75) is 0 Å². The highest BCUT2D eigenvalue weighted by Crippen LogP contribution is 1.87. The van der Waals surface area contributed by atoms with Gasteiger partial charge in [0.05, 0.1) is 27.7 Å². The van der Waals surface area contributed by atoms with Crippen LogP contribution in [0.1, 0.15) is 0 Å². The Labute approximate surface area is 79.5 Å². The Bertz CT molecular complexity index is 131. The van der Waals surface area contributed by atoms with Gasteiger partial charge in [0.2, 0.25) is 0 Å². The Hall–Kier alpha value is -0.810. The summed E-state index contributed by atoms with van der Waals surface area (Å²) in [6.45, 7) is 1.93. The molecule has 0 aliphatic heterocycles. The summed E-state index contributed by atoms with van der Waals surface area (Å²) in [7, 11) is 9.22. The van der Waals surface area contributed by atoms with Crippen molar-refractivity contribution in [2.24, 2.45) is 0 Å². The number of carboxylic acid groups (broad SMARTS) is 1. The zero-order valence-electron chi connectivity index (χ0n) is 8.99. The topological polar surface area (TPSA) is 58.6 Å².